The number of benzene rings is 1. The summed E-state index contributed by atoms with van der Waals surface area (Å²) in [5.74, 6) is 1.32. The van der Waals surface area contributed by atoms with Gasteiger partial charge in [0, 0.05) is 41.0 Å². The van der Waals surface area contributed by atoms with Crippen molar-refractivity contribution < 1.29 is 4.79 Å². The van der Waals surface area contributed by atoms with Crippen LogP contribution in [0.25, 0.3) is 0 Å². The summed E-state index contributed by atoms with van der Waals surface area (Å²) in [4.78, 5) is 14.5. The summed E-state index contributed by atoms with van der Waals surface area (Å²) in [6.45, 7) is 2.15. The van der Waals surface area contributed by atoms with Crippen molar-refractivity contribution in [2.45, 2.75) is 37.1 Å². The number of carbonyl (C=O) groups is 1. The molecule has 1 aliphatic heterocycles. The highest BCUT2D eigenvalue weighted by Gasteiger charge is 2.34. The van der Waals surface area contributed by atoms with E-state index in [1.165, 1.54) is 12.8 Å². The lowest BCUT2D eigenvalue weighted by Gasteiger charge is -2.15. The number of nitrogens with zero attached hydrogens (tertiary/aromatic N) is 1. The molecule has 2 fully saturated rings. The Balaban J connectivity index is 1.37. The molecule has 1 aliphatic carbocycles. The number of hydrogen-bond acceptors (Lipinski definition) is 3. The highest BCUT2D eigenvalue weighted by atomic mass is 35.5. The summed E-state index contributed by atoms with van der Waals surface area (Å²) >= 11 is 13.6. The second-order valence-electron chi connectivity index (χ2n) is 6.01. The molecule has 6 heteroatoms. The number of carbonyl (C=O) groups excluding carboxylic acids is 1. The summed E-state index contributed by atoms with van der Waals surface area (Å²) in [6, 6.07) is 6.61. The second-order valence-corrected chi connectivity index (χ2v) is 7.84. The summed E-state index contributed by atoms with van der Waals surface area (Å²) in [5, 5.41) is 4.45. The van der Waals surface area contributed by atoms with Gasteiger partial charge in [-0.15, -0.1) is 11.8 Å². The maximum Gasteiger partial charge on any atom is 0.230 e. The van der Waals surface area contributed by atoms with E-state index in [4.69, 9.17) is 23.2 Å². The zero-order chi connectivity index (χ0) is 15.5. The first-order valence-electron chi connectivity index (χ1n) is 7.67. The summed E-state index contributed by atoms with van der Waals surface area (Å²) in [6.07, 6.45) is 3.74. The molecule has 1 unspecified atom stereocenters. The van der Waals surface area contributed by atoms with E-state index in [-0.39, 0.29) is 5.91 Å². The maximum atomic E-state index is 12.0. The van der Waals surface area contributed by atoms with Crippen molar-refractivity contribution in [1.29, 1.82) is 0 Å². The molecule has 1 atom stereocenters. The summed E-state index contributed by atoms with van der Waals surface area (Å²) in [5.41, 5.74) is 1.02. The number of rotatable bonds is 6. The molecule has 1 saturated carbocycles. The van der Waals surface area contributed by atoms with Crippen LogP contribution in [0.5, 0.6) is 0 Å². The third-order valence-electron chi connectivity index (χ3n) is 4.15. The highest BCUT2D eigenvalue weighted by molar-refractivity contribution is 7.99. The van der Waals surface area contributed by atoms with Gasteiger partial charge in [0.2, 0.25) is 5.91 Å². The van der Waals surface area contributed by atoms with E-state index in [2.05, 4.69) is 10.2 Å². The smallest absolute Gasteiger partial charge is 0.230 e. The van der Waals surface area contributed by atoms with Gasteiger partial charge < -0.3 is 5.32 Å². The normalized spacial score (nSPS) is 22.0. The molecular formula is C16H20Cl2N2OS. The van der Waals surface area contributed by atoms with E-state index in [0.717, 1.165) is 36.9 Å². The average Bonchev–Trinajstić information content (AvgIpc) is 3.22. The first-order valence-corrected chi connectivity index (χ1v) is 9.58. The third kappa shape index (κ3) is 4.54. The van der Waals surface area contributed by atoms with E-state index in [1.54, 1.807) is 17.8 Å². The molecule has 120 valence electrons. The Labute approximate surface area is 145 Å². The van der Waals surface area contributed by atoms with Crippen LogP contribution in [0.15, 0.2) is 18.2 Å². The Bertz CT molecular complexity index is 551. The van der Waals surface area contributed by atoms with E-state index in [0.29, 0.717) is 21.8 Å². The molecule has 1 N–H and O–H groups in total. The fraction of sp³-hybridized carbons (Fsp3) is 0.562. The van der Waals surface area contributed by atoms with Crippen molar-refractivity contribution >= 4 is 40.9 Å². The zero-order valence-electron chi connectivity index (χ0n) is 12.4. The molecule has 1 saturated heterocycles. The number of likely N-dealkylation sites (tertiary alicyclic amines) is 1. The van der Waals surface area contributed by atoms with Gasteiger partial charge >= 0.3 is 0 Å². The van der Waals surface area contributed by atoms with Gasteiger partial charge in [-0.3, -0.25) is 9.69 Å². The van der Waals surface area contributed by atoms with Gasteiger partial charge in [-0.2, -0.15) is 0 Å². The van der Waals surface area contributed by atoms with Gasteiger partial charge in [-0.05, 0) is 37.0 Å². The Morgan fingerprint density at radius 1 is 1.32 bits per heavy atom. The molecule has 1 amide bonds. The minimum atomic E-state index is 0.123. The Morgan fingerprint density at radius 3 is 2.86 bits per heavy atom. The molecule has 1 aromatic carbocycles. The number of amides is 1. The third-order valence-corrected chi connectivity index (χ3v) is 5.72. The molecule has 0 radical (unpaired) electrons. The van der Waals surface area contributed by atoms with Crippen LogP contribution < -0.4 is 5.32 Å². The Hall–Kier alpha value is -0.420. The van der Waals surface area contributed by atoms with Crippen LogP contribution in [-0.2, 0) is 10.5 Å². The van der Waals surface area contributed by atoms with Gasteiger partial charge in [0.1, 0.15) is 0 Å². The molecular weight excluding hydrogens is 339 g/mol. The lowest BCUT2D eigenvalue weighted by molar-refractivity contribution is -0.119. The first-order chi connectivity index (χ1) is 10.6. The number of thioether (sulfide) groups is 1. The van der Waals surface area contributed by atoms with Crippen molar-refractivity contribution in [2.75, 3.05) is 18.8 Å². The van der Waals surface area contributed by atoms with E-state index >= 15 is 0 Å². The fourth-order valence-corrected chi connectivity index (χ4v) is 4.24. The van der Waals surface area contributed by atoms with E-state index in [9.17, 15) is 4.79 Å². The van der Waals surface area contributed by atoms with Crippen molar-refractivity contribution in [3.63, 3.8) is 0 Å². The number of halogens is 2. The van der Waals surface area contributed by atoms with Gasteiger partial charge in [-0.1, -0.05) is 29.3 Å². The van der Waals surface area contributed by atoms with E-state index in [1.807, 2.05) is 12.1 Å². The highest BCUT2D eigenvalue weighted by Crippen LogP contribution is 2.30. The molecule has 22 heavy (non-hydrogen) atoms. The topological polar surface area (TPSA) is 32.3 Å². The Morgan fingerprint density at radius 2 is 2.14 bits per heavy atom. The molecule has 2 aliphatic rings. The summed E-state index contributed by atoms with van der Waals surface area (Å²) in [7, 11) is 0. The van der Waals surface area contributed by atoms with Crippen molar-refractivity contribution in [2.24, 2.45) is 0 Å². The van der Waals surface area contributed by atoms with Crippen molar-refractivity contribution in [1.82, 2.24) is 10.2 Å². The molecule has 0 bridgehead atoms. The standard InChI is InChI=1S/C16H20Cl2N2OS/c17-12-2-1-11(15(18)7-12)9-22-10-16(21)19-13-5-6-20(8-13)14-3-4-14/h1-2,7,13-14H,3-6,8-10H2,(H,19,21). The second kappa shape index (κ2) is 7.43. The molecule has 3 rings (SSSR count). The van der Waals surface area contributed by atoms with Gasteiger partial charge in [0.05, 0.1) is 5.75 Å². The van der Waals surface area contributed by atoms with Crippen LogP contribution in [0, 0.1) is 0 Å². The van der Waals surface area contributed by atoms with Crippen LogP contribution in [0.1, 0.15) is 24.8 Å². The zero-order valence-corrected chi connectivity index (χ0v) is 14.7. The largest absolute Gasteiger partial charge is 0.351 e. The number of nitrogens with one attached hydrogen (secondary N) is 1. The first kappa shape index (κ1) is 16.4. The lowest BCUT2D eigenvalue weighted by atomic mass is 10.2. The SMILES string of the molecule is O=C(CSCc1ccc(Cl)cc1Cl)NC1CCN(C2CC2)C1. The summed E-state index contributed by atoms with van der Waals surface area (Å²) < 4.78 is 0. The van der Waals surface area contributed by atoms with Gasteiger partial charge in [-0.25, -0.2) is 0 Å². The van der Waals surface area contributed by atoms with Crippen molar-refractivity contribution in [3.8, 4) is 0 Å². The van der Waals surface area contributed by atoms with Gasteiger partial charge in [0.25, 0.3) is 0 Å². The van der Waals surface area contributed by atoms with Crippen molar-refractivity contribution in [3.05, 3.63) is 33.8 Å². The predicted molar refractivity (Wildman–Crippen MR) is 93.8 cm³/mol. The van der Waals surface area contributed by atoms with E-state index < -0.39 is 0 Å². The monoisotopic (exact) mass is 358 g/mol. The van der Waals surface area contributed by atoms with Crippen LogP contribution in [0.2, 0.25) is 10.0 Å². The lowest BCUT2D eigenvalue weighted by Crippen LogP contribution is -2.38. The fourth-order valence-electron chi connectivity index (χ4n) is 2.84. The maximum absolute atomic E-state index is 12.0. The van der Waals surface area contributed by atoms with Crippen LogP contribution in [-0.4, -0.2) is 41.7 Å². The number of hydrogen-bond donors (Lipinski definition) is 1. The minimum Gasteiger partial charge on any atom is -0.351 e. The van der Waals surface area contributed by atoms with Gasteiger partial charge in [0.15, 0.2) is 0 Å². The molecule has 1 heterocycles. The molecule has 3 nitrogen and oxygen atoms in total. The quantitative estimate of drug-likeness (QED) is 0.843. The van der Waals surface area contributed by atoms with Crippen LogP contribution >= 0.6 is 35.0 Å². The molecule has 0 spiro atoms. The molecule has 1 aromatic rings. The van der Waals surface area contributed by atoms with Crippen LogP contribution in [0.3, 0.4) is 0 Å². The molecule has 0 aromatic heterocycles. The minimum absolute atomic E-state index is 0.123. The predicted octanol–water partition coefficient (Wildman–Crippen LogP) is 3.58. The average molecular weight is 359 g/mol. The van der Waals surface area contributed by atoms with Crippen LogP contribution in [0.4, 0.5) is 0 Å². The Kier molecular flexibility index (Phi) is 5.55.